The van der Waals surface area contributed by atoms with E-state index in [0.29, 0.717) is 30.9 Å². The van der Waals surface area contributed by atoms with Crippen molar-refractivity contribution < 1.29 is 24.9 Å². The molecule has 0 bridgehead atoms. The monoisotopic (exact) mass is 373 g/mol. The van der Waals surface area contributed by atoms with Gasteiger partial charge in [0.05, 0.1) is 18.8 Å². The summed E-state index contributed by atoms with van der Waals surface area (Å²) in [6, 6.07) is 0. The molecule has 1 aliphatic carbocycles. The van der Waals surface area contributed by atoms with E-state index in [0.717, 1.165) is 19.4 Å². The normalized spacial score (nSPS) is 26.0. The van der Waals surface area contributed by atoms with Crippen LogP contribution in [0.25, 0.3) is 0 Å². The summed E-state index contributed by atoms with van der Waals surface area (Å²) in [5, 5.41) is 32.3. The van der Waals surface area contributed by atoms with Gasteiger partial charge in [0.15, 0.2) is 0 Å². The van der Waals surface area contributed by atoms with Crippen LogP contribution in [-0.4, -0.2) is 51.8 Å². The van der Waals surface area contributed by atoms with Gasteiger partial charge in [0.2, 0.25) is 0 Å². The number of carboxylic acid groups (broad SMARTS) is 1. The Kier molecular flexibility index (Phi) is 10.7. The summed E-state index contributed by atoms with van der Waals surface area (Å²) in [5.74, 6) is -1.03. The molecule has 0 aromatic carbocycles. The van der Waals surface area contributed by atoms with Gasteiger partial charge >= 0.3 is 5.97 Å². The summed E-state index contributed by atoms with van der Waals surface area (Å²) >= 11 is 5.13. The Balaban J connectivity index is 2.38. The topological polar surface area (TPSA) is 99.0 Å². The zero-order valence-electron chi connectivity index (χ0n) is 14.9. The molecule has 7 heteroatoms. The summed E-state index contributed by atoms with van der Waals surface area (Å²) in [5.41, 5.74) is 0. The highest BCUT2D eigenvalue weighted by Crippen LogP contribution is 2.35. The van der Waals surface area contributed by atoms with Crippen LogP contribution in [0, 0.1) is 11.8 Å². The van der Waals surface area contributed by atoms with E-state index in [1.165, 1.54) is 0 Å². The summed E-state index contributed by atoms with van der Waals surface area (Å²) in [7, 11) is 0. The highest BCUT2D eigenvalue weighted by atomic mass is 32.1. The molecular formula is C18H31NO5S. The maximum atomic E-state index is 10.5. The SMILES string of the molecule is CCCCNC(=S)OC[C@@H]1[C@@H](C/C=C/CCCC(=O)O)[C@@H](O)C[C@H]1O. The molecule has 0 spiro atoms. The van der Waals surface area contributed by atoms with E-state index in [1.54, 1.807) is 0 Å². The van der Waals surface area contributed by atoms with Gasteiger partial charge in [-0.2, -0.15) is 0 Å². The minimum atomic E-state index is -0.788. The van der Waals surface area contributed by atoms with Gasteiger partial charge in [-0.15, -0.1) is 0 Å². The molecule has 1 aliphatic rings. The number of aliphatic hydroxyl groups is 2. The number of thiocarbonyl (C=S) groups is 1. The molecule has 0 aromatic heterocycles. The number of unbranched alkanes of at least 4 members (excludes halogenated alkanes) is 2. The van der Waals surface area contributed by atoms with E-state index in [4.69, 9.17) is 22.1 Å². The van der Waals surface area contributed by atoms with Crippen LogP contribution in [0.5, 0.6) is 0 Å². The van der Waals surface area contributed by atoms with E-state index < -0.39 is 18.2 Å². The number of aliphatic carboxylic acids is 1. The third-order valence-electron chi connectivity index (χ3n) is 4.56. The Morgan fingerprint density at radius 3 is 2.64 bits per heavy atom. The molecule has 0 saturated heterocycles. The fourth-order valence-electron chi connectivity index (χ4n) is 3.07. The number of aliphatic hydroxyl groups excluding tert-OH is 2. The fourth-order valence-corrected chi connectivity index (χ4v) is 3.24. The first-order chi connectivity index (χ1) is 12.0. The standard InChI is InChI=1S/C18H31NO5S/c1-2-3-10-19-18(25)24-12-14-13(15(20)11-16(14)21)8-6-4-5-7-9-17(22)23/h4,6,13-16,20-21H,2-3,5,7-12H2,1H3,(H,19,25)(H,22,23)/b6-4+/t13-,14-,15+,16-/m1/s1. The Morgan fingerprint density at radius 2 is 1.96 bits per heavy atom. The Bertz CT molecular complexity index is 443. The Hall–Kier alpha value is -1.18. The second kappa shape index (κ2) is 12.2. The molecule has 0 amide bonds. The molecule has 25 heavy (non-hydrogen) atoms. The predicted octanol–water partition coefficient (Wildman–Crippen LogP) is 2.24. The third-order valence-corrected chi connectivity index (χ3v) is 4.83. The molecular weight excluding hydrogens is 342 g/mol. The molecule has 0 radical (unpaired) electrons. The number of carbonyl (C=O) groups is 1. The molecule has 0 aliphatic heterocycles. The van der Waals surface area contributed by atoms with Crippen molar-refractivity contribution in [2.24, 2.45) is 11.8 Å². The molecule has 0 aromatic rings. The predicted molar refractivity (Wildman–Crippen MR) is 100 cm³/mol. The van der Waals surface area contributed by atoms with Crippen molar-refractivity contribution in [3.63, 3.8) is 0 Å². The van der Waals surface area contributed by atoms with Crippen LogP contribution in [0.3, 0.4) is 0 Å². The minimum absolute atomic E-state index is 0.0795. The maximum absolute atomic E-state index is 10.5. The smallest absolute Gasteiger partial charge is 0.303 e. The Labute approximate surface area is 155 Å². The molecule has 4 atom stereocenters. The van der Waals surface area contributed by atoms with Gasteiger partial charge < -0.3 is 25.4 Å². The average Bonchev–Trinajstić information content (AvgIpc) is 2.82. The lowest BCUT2D eigenvalue weighted by atomic mass is 9.91. The first kappa shape index (κ1) is 21.9. The number of ether oxygens (including phenoxy) is 1. The van der Waals surface area contributed by atoms with Crippen LogP contribution in [0.15, 0.2) is 12.2 Å². The third kappa shape index (κ3) is 8.65. The average molecular weight is 374 g/mol. The quantitative estimate of drug-likeness (QED) is 0.250. The lowest BCUT2D eigenvalue weighted by molar-refractivity contribution is -0.137. The zero-order chi connectivity index (χ0) is 18.7. The minimum Gasteiger partial charge on any atom is -0.481 e. The van der Waals surface area contributed by atoms with Crippen molar-refractivity contribution in [2.75, 3.05) is 13.2 Å². The van der Waals surface area contributed by atoms with E-state index in [1.807, 2.05) is 12.2 Å². The fraction of sp³-hybridized carbons (Fsp3) is 0.778. The van der Waals surface area contributed by atoms with Gasteiger partial charge in [0.1, 0.15) is 0 Å². The van der Waals surface area contributed by atoms with Gasteiger partial charge in [0, 0.05) is 18.9 Å². The van der Waals surface area contributed by atoms with Gasteiger partial charge in [-0.05, 0) is 50.2 Å². The van der Waals surface area contributed by atoms with E-state index in [2.05, 4.69) is 12.2 Å². The van der Waals surface area contributed by atoms with Crippen LogP contribution in [0.4, 0.5) is 0 Å². The highest BCUT2D eigenvalue weighted by Gasteiger charge is 2.41. The van der Waals surface area contributed by atoms with E-state index in [9.17, 15) is 15.0 Å². The summed E-state index contributed by atoms with van der Waals surface area (Å²) in [6.07, 6.45) is 7.27. The molecule has 0 unspecified atom stereocenters. The van der Waals surface area contributed by atoms with Crippen LogP contribution in [-0.2, 0) is 9.53 Å². The summed E-state index contributed by atoms with van der Waals surface area (Å²) in [4.78, 5) is 10.5. The number of allylic oxidation sites excluding steroid dienone is 2. The first-order valence-corrected chi connectivity index (χ1v) is 9.50. The van der Waals surface area contributed by atoms with Crippen molar-refractivity contribution in [1.82, 2.24) is 5.32 Å². The lowest BCUT2D eigenvalue weighted by Crippen LogP contribution is -2.31. The molecule has 1 rings (SSSR count). The van der Waals surface area contributed by atoms with Crippen molar-refractivity contribution in [2.45, 2.75) is 64.1 Å². The first-order valence-electron chi connectivity index (χ1n) is 9.09. The van der Waals surface area contributed by atoms with Gasteiger partial charge in [-0.3, -0.25) is 4.79 Å². The molecule has 4 N–H and O–H groups in total. The van der Waals surface area contributed by atoms with Gasteiger partial charge in [0.25, 0.3) is 5.17 Å². The number of hydrogen-bond donors (Lipinski definition) is 4. The highest BCUT2D eigenvalue weighted by molar-refractivity contribution is 7.80. The maximum Gasteiger partial charge on any atom is 0.303 e. The van der Waals surface area contributed by atoms with Crippen molar-refractivity contribution in [1.29, 1.82) is 0 Å². The number of carboxylic acids is 1. The molecule has 1 saturated carbocycles. The molecule has 1 fully saturated rings. The van der Waals surface area contributed by atoms with Crippen molar-refractivity contribution in [3.8, 4) is 0 Å². The number of nitrogens with one attached hydrogen (secondary N) is 1. The molecule has 144 valence electrons. The van der Waals surface area contributed by atoms with Crippen LogP contribution in [0.1, 0.15) is 51.9 Å². The largest absolute Gasteiger partial charge is 0.481 e. The van der Waals surface area contributed by atoms with Crippen molar-refractivity contribution >= 4 is 23.4 Å². The van der Waals surface area contributed by atoms with Crippen LogP contribution < -0.4 is 5.32 Å². The van der Waals surface area contributed by atoms with Crippen LogP contribution >= 0.6 is 12.2 Å². The van der Waals surface area contributed by atoms with Gasteiger partial charge in [-0.25, -0.2) is 0 Å². The van der Waals surface area contributed by atoms with E-state index >= 15 is 0 Å². The second-order valence-electron chi connectivity index (χ2n) is 6.57. The molecule has 0 heterocycles. The van der Waals surface area contributed by atoms with Gasteiger partial charge in [-0.1, -0.05) is 25.5 Å². The summed E-state index contributed by atoms with van der Waals surface area (Å²) in [6.45, 7) is 3.16. The number of rotatable bonds is 11. The molecule has 6 nitrogen and oxygen atoms in total. The lowest BCUT2D eigenvalue weighted by Gasteiger charge is -2.23. The zero-order valence-corrected chi connectivity index (χ0v) is 15.7. The summed E-state index contributed by atoms with van der Waals surface area (Å²) < 4.78 is 5.55. The Morgan fingerprint density at radius 1 is 1.24 bits per heavy atom. The number of hydrogen-bond acceptors (Lipinski definition) is 5. The van der Waals surface area contributed by atoms with Crippen LogP contribution in [0.2, 0.25) is 0 Å². The second-order valence-corrected chi connectivity index (χ2v) is 6.94. The van der Waals surface area contributed by atoms with Crippen molar-refractivity contribution in [3.05, 3.63) is 12.2 Å². The van der Waals surface area contributed by atoms with E-state index in [-0.39, 0.29) is 24.9 Å².